The molecule has 0 aliphatic carbocycles. The summed E-state index contributed by atoms with van der Waals surface area (Å²) in [7, 11) is 0. The lowest BCUT2D eigenvalue weighted by Gasteiger charge is -2.19. The summed E-state index contributed by atoms with van der Waals surface area (Å²) in [6.07, 6.45) is 3.90. The van der Waals surface area contributed by atoms with Crippen LogP contribution in [-0.4, -0.2) is 55.3 Å². The Hall–Kier alpha value is -3.10. The Balaban J connectivity index is 1.61. The molecule has 0 radical (unpaired) electrons. The van der Waals surface area contributed by atoms with Crippen molar-refractivity contribution in [3.8, 4) is 0 Å². The van der Waals surface area contributed by atoms with E-state index >= 15 is 0 Å². The van der Waals surface area contributed by atoms with Gasteiger partial charge in [0.05, 0.1) is 6.54 Å². The zero-order valence-corrected chi connectivity index (χ0v) is 16.1. The average Bonchev–Trinajstić information content (AvgIpc) is 2.95. The molecule has 3 rings (SSSR count). The van der Waals surface area contributed by atoms with Crippen LogP contribution >= 0.6 is 0 Å². The molecule has 0 fully saturated rings. The van der Waals surface area contributed by atoms with E-state index in [1.165, 1.54) is 0 Å². The number of hydrogen-bond acceptors (Lipinski definition) is 6. The largest absolute Gasteiger partial charge is 0.345 e. The van der Waals surface area contributed by atoms with Gasteiger partial charge in [0.1, 0.15) is 5.82 Å². The molecule has 2 aromatic heterocycles. The summed E-state index contributed by atoms with van der Waals surface area (Å²) >= 11 is 0. The Bertz CT molecular complexity index is 862. The molecule has 0 unspecified atom stereocenters. The number of carbonyl (C=O) groups excluding carboxylic acids is 3. The molecule has 1 N–H and O–H groups in total. The fourth-order valence-electron chi connectivity index (χ4n) is 3.12. The first kappa shape index (κ1) is 19.7. The molecule has 0 bridgehead atoms. The maximum Gasteiger partial charge on any atom is 0.290 e. The molecule has 0 aromatic carbocycles. The highest BCUT2D eigenvalue weighted by Crippen LogP contribution is 2.12. The lowest BCUT2D eigenvalue weighted by Crippen LogP contribution is -2.39. The van der Waals surface area contributed by atoms with Crippen LogP contribution in [0.5, 0.6) is 0 Å². The van der Waals surface area contributed by atoms with E-state index in [0.717, 1.165) is 5.82 Å². The predicted octanol–water partition coefficient (Wildman–Crippen LogP) is 0.603. The number of ketones is 1. The highest BCUT2D eigenvalue weighted by atomic mass is 16.2. The van der Waals surface area contributed by atoms with Gasteiger partial charge >= 0.3 is 0 Å². The van der Waals surface area contributed by atoms with Gasteiger partial charge in [-0.05, 0) is 18.1 Å². The van der Waals surface area contributed by atoms with Crippen LogP contribution in [0.1, 0.15) is 42.3 Å². The van der Waals surface area contributed by atoms with Crippen molar-refractivity contribution in [2.45, 2.75) is 39.8 Å². The number of nitrogens with one attached hydrogen (secondary N) is 1. The smallest absolute Gasteiger partial charge is 0.290 e. The third kappa shape index (κ3) is 4.59. The van der Waals surface area contributed by atoms with E-state index in [2.05, 4.69) is 20.5 Å². The number of Topliss-reactive ketones (excluding diaryl/α,β-unsaturated/α-hetero) is 1. The summed E-state index contributed by atoms with van der Waals surface area (Å²) in [6, 6.07) is 3.27. The number of amides is 2. The third-order valence-corrected chi connectivity index (χ3v) is 4.57. The second-order valence-electron chi connectivity index (χ2n) is 7.17. The van der Waals surface area contributed by atoms with Gasteiger partial charge in [0.25, 0.3) is 11.8 Å². The van der Waals surface area contributed by atoms with Crippen molar-refractivity contribution in [3.63, 3.8) is 0 Å². The number of rotatable bonds is 6. The molecule has 9 nitrogen and oxygen atoms in total. The fourth-order valence-corrected chi connectivity index (χ4v) is 3.12. The SMILES string of the molecule is CC(C)CC(=O)C(=O)N1CCc2nnc(CNC(=O)c3ccncc3)n2CC1. The summed E-state index contributed by atoms with van der Waals surface area (Å²) in [5.41, 5.74) is 0.519. The van der Waals surface area contributed by atoms with Crippen LogP contribution in [0.2, 0.25) is 0 Å². The van der Waals surface area contributed by atoms with Crippen LogP contribution in [0.15, 0.2) is 24.5 Å². The van der Waals surface area contributed by atoms with Gasteiger partial charge in [0.2, 0.25) is 5.78 Å². The van der Waals surface area contributed by atoms with E-state index in [-0.39, 0.29) is 30.6 Å². The summed E-state index contributed by atoms with van der Waals surface area (Å²) < 4.78 is 1.91. The molecular weight excluding hydrogens is 360 g/mol. The van der Waals surface area contributed by atoms with Crippen molar-refractivity contribution in [2.24, 2.45) is 5.92 Å². The number of pyridine rings is 1. The molecule has 0 spiro atoms. The molecule has 148 valence electrons. The summed E-state index contributed by atoms with van der Waals surface area (Å²) in [5.74, 6) is 0.528. The molecule has 1 aliphatic rings. The van der Waals surface area contributed by atoms with Crippen LogP contribution in [0.25, 0.3) is 0 Å². The quantitative estimate of drug-likeness (QED) is 0.731. The average molecular weight is 384 g/mol. The Kier molecular flexibility index (Phi) is 6.13. The molecule has 0 atom stereocenters. The number of nitrogens with zero attached hydrogens (tertiary/aromatic N) is 5. The fraction of sp³-hybridized carbons (Fsp3) is 0.474. The van der Waals surface area contributed by atoms with Gasteiger partial charge in [-0.15, -0.1) is 10.2 Å². The minimum Gasteiger partial charge on any atom is -0.345 e. The zero-order chi connectivity index (χ0) is 20.1. The molecule has 9 heteroatoms. The Morgan fingerprint density at radius 2 is 1.86 bits per heavy atom. The van der Waals surface area contributed by atoms with E-state index in [0.29, 0.717) is 37.4 Å². The molecule has 28 heavy (non-hydrogen) atoms. The topological polar surface area (TPSA) is 110 Å². The molecule has 1 aliphatic heterocycles. The van der Waals surface area contributed by atoms with E-state index in [1.807, 2.05) is 18.4 Å². The number of hydrogen-bond donors (Lipinski definition) is 1. The van der Waals surface area contributed by atoms with E-state index in [4.69, 9.17) is 0 Å². The minimum absolute atomic E-state index is 0.152. The van der Waals surface area contributed by atoms with Crippen LogP contribution in [-0.2, 0) is 29.1 Å². The van der Waals surface area contributed by atoms with Gasteiger partial charge in [0.15, 0.2) is 5.82 Å². The summed E-state index contributed by atoms with van der Waals surface area (Å²) in [4.78, 5) is 42.1. The minimum atomic E-state index is -0.431. The molecular formula is C19H24N6O3. The first-order chi connectivity index (χ1) is 13.5. The number of fused-ring (bicyclic) bond motifs is 1. The lowest BCUT2D eigenvalue weighted by molar-refractivity contribution is -0.145. The van der Waals surface area contributed by atoms with Crippen molar-refractivity contribution in [1.82, 2.24) is 30.0 Å². The monoisotopic (exact) mass is 384 g/mol. The summed E-state index contributed by atoms with van der Waals surface area (Å²) in [6.45, 7) is 5.41. The zero-order valence-electron chi connectivity index (χ0n) is 16.1. The van der Waals surface area contributed by atoms with Crippen LogP contribution in [0, 0.1) is 5.92 Å². The van der Waals surface area contributed by atoms with E-state index in [1.54, 1.807) is 29.4 Å². The number of carbonyl (C=O) groups is 3. The van der Waals surface area contributed by atoms with Crippen molar-refractivity contribution < 1.29 is 14.4 Å². The molecule has 2 amide bonds. The van der Waals surface area contributed by atoms with Gasteiger partial charge < -0.3 is 14.8 Å². The second kappa shape index (κ2) is 8.73. The van der Waals surface area contributed by atoms with Gasteiger partial charge in [-0.3, -0.25) is 19.4 Å². The molecule has 3 heterocycles. The first-order valence-electron chi connectivity index (χ1n) is 9.37. The van der Waals surface area contributed by atoms with Crippen molar-refractivity contribution in [3.05, 3.63) is 41.7 Å². The second-order valence-corrected chi connectivity index (χ2v) is 7.17. The standard InChI is InChI=1S/C19H24N6O3/c1-13(2)11-15(26)19(28)24-8-5-16-22-23-17(25(16)10-9-24)12-21-18(27)14-3-6-20-7-4-14/h3-4,6-7,13H,5,8-12H2,1-2H3,(H,21,27). The number of aromatic nitrogens is 4. The third-order valence-electron chi connectivity index (χ3n) is 4.57. The molecule has 0 saturated heterocycles. The van der Waals surface area contributed by atoms with Gasteiger partial charge in [-0.2, -0.15) is 0 Å². The lowest BCUT2D eigenvalue weighted by atomic mass is 10.1. The highest BCUT2D eigenvalue weighted by Gasteiger charge is 2.26. The predicted molar refractivity (Wildman–Crippen MR) is 100 cm³/mol. The van der Waals surface area contributed by atoms with Gasteiger partial charge in [0, 0.05) is 50.4 Å². The molecule has 2 aromatic rings. The Morgan fingerprint density at radius 3 is 2.57 bits per heavy atom. The Labute approximate surface area is 163 Å². The van der Waals surface area contributed by atoms with Crippen molar-refractivity contribution in [1.29, 1.82) is 0 Å². The molecule has 0 saturated carbocycles. The van der Waals surface area contributed by atoms with Gasteiger partial charge in [-0.25, -0.2) is 0 Å². The normalized spacial score (nSPS) is 13.8. The van der Waals surface area contributed by atoms with Crippen LogP contribution in [0.4, 0.5) is 0 Å². The van der Waals surface area contributed by atoms with Gasteiger partial charge in [-0.1, -0.05) is 13.8 Å². The maximum atomic E-state index is 12.4. The van der Waals surface area contributed by atoms with Crippen LogP contribution in [0.3, 0.4) is 0 Å². The van der Waals surface area contributed by atoms with Crippen molar-refractivity contribution in [2.75, 3.05) is 13.1 Å². The van der Waals surface area contributed by atoms with Crippen LogP contribution < -0.4 is 5.32 Å². The highest BCUT2D eigenvalue weighted by molar-refractivity contribution is 6.36. The Morgan fingerprint density at radius 1 is 1.11 bits per heavy atom. The maximum absolute atomic E-state index is 12.4. The first-order valence-corrected chi connectivity index (χ1v) is 9.37. The van der Waals surface area contributed by atoms with E-state index < -0.39 is 5.91 Å². The summed E-state index contributed by atoms with van der Waals surface area (Å²) in [5, 5.41) is 11.2. The van der Waals surface area contributed by atoms with Crippen molar-refractivity contribution >= 4 is 17.6 Å². The van der Waals surface area contributed by atoms with E-state index in [9.17, 15) is 14.4 Å².